The minimum atomic E-state index is -4.43. The lowest BCUT2D eigenvalue weighted by Crippen LogP contribution is -2.49. The Labute approximate surface area is 192 Å². The predicted octanol–water partition coefficient (Wildman–Crippen LogP) is 3.55. The first-order valence-corrected chi connectivity index (χ1v) is 11.8. The number of benzene rings is 1. The van der Waals surface area contributed by atoms with Crippen molar-refractivity contribution in [1.29, 1.82) is 0 Å². The van der Waals surface area contributed by atoms with E-state index in [0.717, 1.165) is 37.6 Å². The molecule has 5 rings (SSSR count). The number of hydrogen-bond acceptors (Lipinski definition) is 4. The molecule has 3 atom stereocenters. The third kappa shape index (κ3) is 4.61. The molecule has 0 bridgehead atoms. The van der Waals surface area contributed by atoms with E-state index in [9.17, 15) is 18.0 Å². The zero-order chi connectivity index (χ0) is 23.2. The molecule has 1 saturated heterocycles. The average molecular weight is 461 g/mol. The Morgan fingerprint density at radius 1 is 1.27 bits per heavy atom. The molecule has 5 nitrogen and oxygen atoms in total. The lowest BCUT2D eigenvalue weighted by Gasteiger charge is -2.44. The van der Waals surface area contributed by atoms with E-state index in [4.69, 9.17) is 5.73 Å². The number of nitrogens with zero attached hydrogens (tertiary/aromatic N) is 1. The zero-order valence-corrected chi connectivity index (χ0v) is 18.6. The van der Waals surface area contributed by atoms with Crippen molar-refractivity contribution in [2.24, 2.45) is 23.5 Å². The molecule has 1 aromatic rings. The summed E-state index contributed by atoms with van der Waals surface area (Å²) in [7, 11) is 0. The summed E-state index contributed by atoms with van der Waals surface area (Å²) < 4.78 is 38.4. The van der Waals surface area contributed by atoms with Crippen LogP contribution in [0.1, 0.15) is 31.2 Å². The number of nitrogens with one attached hydrogen (secondary N) is 2. The molecule has 0 spiro atoms. The zero-order valence-electron chi connectivity index (χ0n) is 18.6. The average Bonchev–Trinajstić information content (AvgIpc) is 3.10. The molecule has 2 saturated carbocycles. The summed E-state index contributed by atoms with van der Waals surface area (Å²) in [5.74, 6) is 1.17. The molecular weight excluding hydrogens is 429 g/mol. The Balaban J connectivity index is 1.02. The van der Waals surface area contributed by atoms with Crippen molar-refractivity contribution in [3.05, 3.63) is 53.6 Å². The number of anilines is 1. The van der Waals surface area contributed by atoms with Crippen LogP contribution in [0.25, 0.3) is 0 Å². The standard InChI is InChI=1S/C25H31F3N4O/c26-25(27,28)18-7-4-8-19(11-18)31-23(33)13-30-12-21-22-14-32(15-24(21,22)29)20-9-17(10-20)16-5-2-1-3-6-16/h1-2,4-5,7-8,11,17,20-22,30H,3,6,9-10,12-15,29H2,(H,31,33). The molecule has 1 aliphatic heterocycles. The first-order valence-electron chi connectivity index (χ1n) is 11.8. The van der Waals surface area contributed by atoms with Gasteiger partial charge >= 0.3 is 6.18 Å². The van der Waals surface area contributed by atoms with Crippen LogP contribution in [-0.2, 0) is 11.0 Å². The fourth-order valence-corrected chi connectivity index (χ4v) is 5.91. The van der Waals surface area contributed by atoms with Gasteiger partial charge in [-0.15, -0.1) is 0 Å². The van der Waals surface area contributed by atoms with Gasteiger partial charge in [-0.2, -0.15) is 13.2 Å². The highest BCUT2D eigenvalue weighted by atomic mass is 19.4. The van der Waals surface area contributed by atoms with E-state index in [-0.39, 0.29) is 23.7 Å². The summed E-state index contributed by atoms with van der Waals surface area (Å²) in [5, 5.41) is 5.67. The molecule has 178 valence electrons. The predicted molar refractivity (Wildman–Crippen MR) is 121 cm³/mol. The summed E-state index contributed by atoms with van der Waals surface area (Å²) in [6, 6.07) is 5.31. The molecule has 8 heteroatoms. The van der Waals surface area contributed by atoms with Gasteiger partial charge in [0, 0.05) is 36.9 Å². The maximum atomic E-state index is 12.8. The third-order valence-corrected chi connectivity index (χ3v) is 7.99. The molecule has 1 aromatic carbocycles. The number of rotatable bonds is 7. The molecule has 3 aliphatic carbocycles. The molecule has 33 heavy (non-hydrogen) atoms. The Morgan fingerprint density at radius 2 is 2.09 bits per heavy atom. The van der Waals surface area contributed by atoms with Crippen LogP contribution in [0.2, 0.25) is 0 Å². The van der Waals surface area contributed by atoms with Crippen molar-refractivity contribution in [2.75, 3.05) is 31.5 Å². The number of likely N-dealkylation sites (tertiary alicyclic amines) is 1. The second kappa shape index (κ2) is 8.56. The number of nitrogens with two attached hydrogens (primary N) is 1. The van der Waals surface area contributed by atoms with Crippen LogP contribution in [0.15, 0.2) is 48.1 Å². The third-order valence-electron chi connectivity index (χ3n) is 7.99. The fourth-order valence-electron chi connectivity index (χ4n) is 5.91. The number of hydrogen-bond donors (Lipinski definition) is 3. The van der Waals surface area contributed by atoms with Crippen molar-refractivity contribution >= 4 is 11.6 Å². The van der Waals surface area contributed by atoms with Gasteiger partial charge in [-0.25, -0.2) is 0 Å². The molecule has 3 fully saturated rings. The van der Waals surface area contributed by atoms with E-state index in [1.165, 1.54) is 31.4 Å². The van der Waals surface area contributed by atoms with Gasteiger partial charge in [0.15, 0.2) is 0 Å². The largest absolute Gasteiger partial charge is 0.416 e. The minimum Gasteiger partial charge on any atom is -0.325 e. The van der Waals surface area contributed by atoms with Gasteiger partial charge in [-0.3, -0.25) is 9.69 Å². The Morgan fingerprint density at radius 3 is 2.76 bits per heavy atom. The maximum absolute atomic E-state index is 12.8. The van der Waals surface area contributed by atoms with Crippen LogP contribution >= 0.6 is 0 Å². The van der Waals surface area contributed by atoms with E-state index in [1.54, 1.807) is 5.57 Å². The maximum Gasteiger partial charge on any atom is 0.416 e. The summed E-state index contributed by atoms with van der Waals surface area (Å²) in [6.45, 7) is 2.64. The highest BCUT2D eigenvalue weighted by Crippen LogP contribution is 2.55. The molecule has 1 amide bonds. The van der Waals surface area contributed by atoms with Gasteiger partial charge in [0.25, 0.3) is 0 Å². The van der Waals surface area contributed by atoms with E-state index in [0.29, 0.717) is 24.4 Å². The summed E-state index contributed by atoms with van der Waals surface area (Å²) in [6.07, 6.45) is 7.11. The molecule has 4 N–H and O–H groups in total. The van der Waals surface area contributed by atoms with Crippen molar-refractivity contribution in [1.82, 2.24) is 10.2 Å². The van der Waals surface area contributed by atoms with Gasteiger partial charge in [-0.1, -0.05) is 29.9 Å². The second-order valence-electron chi connectivity index (χ2n) is 10.0. The molecular formula is C25H31F3N4O. The van der Waals surface area contributed by atoms with Gasteiger partial charge < -0.3 is 16.4 Å². The Hall–Kier alpha value is -2.16. The van der Waals surface area contributed by atoms with Crippen LogP contribution in [0, 0.1) is 17.8 Å². The normalized spacial score (nSPS) is 33.3. The molecule has 0 aromatic heterocycles. The van der Waals surface area contributed by atoms with Crippen molar-refractivity contribution in [3.63, 3.8) is 0 Å². The number of piperidine rings is 1. The quantitative estimate of drug-likeness (QED) is 0.582. The van der Waals surface area contributed by atoms with Gasteiger partial charge in [-0.05, 0) is 61.6 Å². The second-order valence-corrected chi connectivity index (χ2v) is 10.0. The number of allylic oxidation sites excluding steroid dienone is 4. The lowest BCUT2D eigenvalue weighted by atomic mass is 9.72. The molecule has 0 radical (unpaired) electrons. The fraction of sp³-hybridized carbons (Fsp3) is 0.560. The number of amides is 1. The van der Waals surface area contributed by atoms with E-state index in [1.807, 2.05) is 0 Å². The van der Waals surface area contributed by atoms with Crippen LogP contribution in [0.4, 0.5) is 18.9 Å². The number of carbonyl (C=O) groups excluding carboxylic acids is 1. The number of fused-ring (bicyclic) bond motifs is 1. The van der Waals surface area contributed by atoms with E-state index in [2.05, 4.69) is 33.8 Å². The van der Waals surface area contributed by atoms with Crippen molar-refractivity contribution in [3.8, 4) is 0 Å². The van der Waals surface area contributed by atoms with E-state index >= 15 is 0 Å². The van der Waals surface area contributed by atoms with Crippen LogP contribution in [0.3, 0.4) is 0 Å². The molecule has 1 heterocycles. The number of alkyl halides is 3. The van der Waals surface area contributed by atoms with E-state index < -0.39 is 11.7 Å². The minimum absolute atomic E-state index is 0.0487. The highest BCUT2D eigenvalue weighted by molar-refractivity contribution is 5.92. The molecule has 3 unspecified atom stereocenters. The van der Waals surface area contributed by atoms with Crippen LogP contribution < -0.4 is 16.4 Å². The lowest BCUT2D eigenvalue weighted by molar-refractivity contribution is -0.137. The van der Waals surface area contributed by atoms with Crippen molar-refractivity contribution < 1.29 is 18.0 Å². The highest BCUT2D eigenvalue weighted by Gasteiger charge is 2.67. The first-order chi connectivity index (χ1) is 15.7. The number of halogens is 3. The van der Waals surface area contributed by atoms with Crippen LogP contribution in [0.5, 0.6) is 0 Å². The summed E-state index contributed by atoms with van der Waals surface area (Å²) in [4.78, 5) is 14.7. The van der Waals surface area contributed by atoms with Crippen LogP contribution in [-0.4, -0.2) is 48.6 Å². The van der Waals surface area contributed by atoms with Gasteiger partial charge in [0.2, 0.25) is 5.91 Å². The summed E-state index contributed by atoms with van der Waals surface area (Å²) in [5.41, 5.74) is 7.46. The Bertz CT molecular complexity index is 969. The Kier molecular flexibility index (Phi) is 5.87. The summed E-state index contributed by atoms with van der Waals surface area (Å²) >= 11 is 0. The first kappa shape index (κ1) is 22.6. The SMILES string of the molecule is NC12CN(C3CC(C4=CC=CCC4)C3)CC1C2CNCC(=O)Nc1cccc(C(F)(F)F)c1. The molecule has 4 aliphatic rings. The smallest absolute Gasteiger partial charge is 0.325 e. The number of carbonyl (C=O) groups is 1. The van der Waals surface area contributed by atoms with Gasteiger partial charge in [0.1, 0.15) is 0 Å². The topological polar surface area (TPSA) is 70.4 Å². The monoisotopic (exact) mass is 460 g/mol. The van der Waals surface area contributed by atoms with Gasteiger partial charge in [0.05, 0.1) is 12.1 Å². The van der Waals surface area contributed by atoms with Crippen molar-refractivity contribution in [2.45, 2.75) is 43.4 Å².